The molecule has 1 aromatic carbocycles. The van der Waals surface area contributed by atoms with Crippen LogP contribution in [0.3, 0.4) is 0 Å². The molecular weight excluding hydrogens is 302 g/mol. The predicted molar refractivity (Wildman–Crippen MR) is 84.7 cm³/mol. The highest BCUT2D eigenvalue weighted by molar-refractivity contribution is 7.89. The second-order valence-corrected chi connectivity index (χ2v) is 6.90. The highest BCUT2D eigenvalue weighted by Crippen LogP contribution is 2.17. The molecule has 0 saturated carbocycles. The molecule has 6 nitrogen and oxygen atoms in total. The van der Waals surface area contributed by atoms with Crippen molar-refractivity contribution >= 4 is 16.1 Å². The van der Waals surface area contributed by atoms with E-state index in [-0.39, 0.29) is 6.03 Å². The van der Waals surface area contributed by atoms with Crippen molar-refractivity contribution in [3.05, 3.63) is 42.6 Å². The van der Waals surface area contributed by atoms with Gasteiger partial charge in [-0.25, -0.2) is 13.2 Å². The maximum absolute atomic E-state index is 12.5. The molecule has 2 rings (SSSR count). The maximum Gasteiger partial charge on any atom is 0.321 e. The molecule has 1 aliphatic heterocycles. The van der Waals surface area contributed by atoms with Gasteiger partial charge in [0.15, 0.2) is 0 Å². The first-order valence-electron chi connectivity index (χ1n) is 7.31. The standard InChI is InChI=1S/C15H21N3O3S/c1-2-3-9-16-15(19)17-10-12-18(13-11-17)22(20,21)14-7-5-4-6-8-14/h3-9H,2,10-13H2,1H3,(H,16,19)/b9-3+. The quantitative estimate of drug-likeness (QED) is 0.915. The smallest absolute Gasteiger partial charge is 0.321 e. The summed E-state index contributed by atoms with van der Waals surface area (Å²) in [5.74, 6) is 0. The van der Waals surface area contributed by atoms with E-state index in [0.717, 1.165) is 6.42 Å². The van der Waals surface area contributed by atoms with Crippen molar-refractivity contribution in [2.45, 2.75) is 18.2 Å². The number of nitrogens with zero attached hydrogens (tertiary/aromatic N) is 2. The second kappa shape index (κ2) is 7.42. The molecule has 1 aromatic rings. The number of carbonyl (C=O) groups is 1. The molecule has 7 heteroatoms. The van der Waals surface area contributed by atoms with Gasteiger partial charge in [-0.15, -0.1) is 0 Å². The van der Waals surface area contributed by atoms with Crippen LogP contribution in [0, 0.1) is 0 Å². The Morgan fingerprint density at radius 1 is 1.18 bits per heavy atom. The summed E-state index contributed by atoms with van der Waals surface area (Å²) in [7, 11) is -3.47. The Morgan fingerprint density at radius 2 is 1.82 bits per heavy atom. The molecule has 0 spiro atoms. The van der Waals surface area contributed by atoms with Gasteiger partial charge in [0.05, 0.1) is 4.90 Å². The Labute approximate surface area is 131 Å². The van der Waals surface area contributed by atoms with E-state index in [1.54, 1.807) is 41.4 Å². The van der Waals surface area contributed by atoms with Gasteiger partial charge >= 0.3 is 6.03 Å². The fourth-order valence-electron chi connectivity index (χ4n) is 2.21. The summed E-state index contributed by atoms with van der Waals surface area (Å²) in [6.07, 6.45) is 4.33. The Bertz CT molecular complexity index is 621. The fourth-order valence-corrected chi connectivity index (χ4v) is 3.66. The van der Waals surface area contributed by atoms with Crippen LogP contribution in [0.1, 0.15) is 13.3 Å². The zero-order valence-electron chi connectivity index (χ0n) is 12.6. The maximum atomic E-state index is 12.5. The topological polar surface area (TPSA) is 69.7 Å². The normalized spacial score (nSPS) is 16.9. The van der Waals surface area contributed by atoms with E-state index in [1.807, 2.05) is 13.0 Å². The number of allylic oxidation sites excluding steroid dienone is 1. The highest BCUT2D eigenvalue weighted by Gasteiger charge is 2.29. The molecule has 0 aliphatic carbocycles. The average molecular weight is 323 g/mol. The van der Waals surface area contributed by atoms with E-state index < -0.39 is 10.0 Å². The van der Waals surface area contributed by atoms with E-state index in [1.165, 1.54) is 4.31 Å². The zero-order chi connectivity index (χ0) is 16.0. The van der Waals surface area contributed by atoms with Crippen molar-refractivity contribution < 1.29 is 13.2 Å². The summed E-state index contributed by atoms with van der Waals surface area (Å²) in [6, 6.07) is 8.17. The molecule has 120 valence electrons. The number of carbonyl (C=O) groups excluding carboxylic acids is 1. The number of nitrogens with one attached hydrogen (secondary N) is 1. The van der Waals surface area contributed by atoms with Crippen LogP contribution < -0.4 is 5.32 Å². The van der Waals surface area contributed by atoms with Crippen LogP contribution in [0.15, 0.2) is 47.5 Å². The lowest BCUT2D eigenvalue weighted by atomic mass is 10.4. The number of benzene rings is 1. The summed E-state index contributed by atoms with van der Waals surface area (Å²) in [4.78, 5) is 13.8. The zero-order valence-corrected chi connectivity index (χ0v) is 13.4. The van der Waals surface area contributed by atoms with Crippen LogP contribution >= 0.6 is 0 Å². The van der Waals surface area contributed by atoms with Crippen molar-refractivity contribution in [2.24, 2.45) is 0 Å². The van der Waals surface area contributed by atoms with E-state index in [0.29, 0.717) is 31.1 Å². The Kier molecular flexibility index (Phi) is 5.57. The van der Waals surface area contributed by atoms with Crippen LogP contribution in [0.4, 0.5) is 4.79 Å². The molecule has 0 aromatic heterocycles. The van der Waals surface area contributed by atoms with Gasteiger partial charge in [-0.1, -0.05) is 31.2 Å². The summed E-state index contributed by atoms with van der Waals surface area (Å²) < 4.78 is 26.4. The molecule has 0 unspecified atom stereocenters. The summed E-state index contributed by atoms with van der Waals surface area (Å²) in [5, 5.41) is 2.68. The summed E-state index contributed by atoms with van der Waals surface area (Å²) in [6.45, 7) is 3.37. The van der Waals surface area contributed by atoms with Gasteiger partial charge in [0.2, 0.25) is 10.0 Å². The Hall–Kier alpha value is -1.86. The molecule has 1 heterocycles. The highest BCUT2D eigenvalue weighted by atomic mass is 32.2. The van der Waals surface area contributed by atoms with Crippen LogP contribution in [-0.4, -0.2) is 49.8 Å². The number of amides is 2. The predicted octanol–water partition coefficient (Wildman–Crippen LogP) is 1.63. The molecule has 2 amide bonds. The van der Waals surface area contributed by atoms with E-state index in [9.17, 15) is 13.2 Å². The monoisotopic (exact) mass is 323 g/mol. The SMILES string of the molecule is CC/C=C/NC(=O)N1CCN(S(=O)(=O)c2ccccc2)CC1. The van der Waals surface area contributed by atoms with Crippen molar-refractivity contribution in [3.63, 3.8) is 0 Å². The van der Waals surface area contributed by atoms with E-state index in [2.05, 4.69) is 5.32 Å². The number of sulfonamides is 1. The van der Waals surface area contributed by atoms with Gasteiger partial charge in [0, 0.05) is 32.4 Å². The average Bonchev–Trinajstić information content (AvgIpc) is 2.56. The second-order valence-electron chi connectivity index (χ2n) is 4.96. The minimum Gasteiger partial charge on any atom is -0.322 e. The van der Waals surface area contributed by atoms with Crippen LogP contribution in [0.2, 0.25) is 0 Å². The first-order valence-corrected chi connectivity index (χ1v) is 8.75. The number of urea groups is 1. The van der Waals surface area contributed by atoms with Gasteiger partial charge in [-0.05, 0) is 18.6 Å². The lowest BCUT2D eigenvalue weighted by Crippen LogP contribution is -2.52. The largest absolute Gasteiger partial charge is 0.322 e. The third kappa shape index (κ3) is 3.86. The van der Waals surface area contributed by atoms with E-state index >= 15 is 0 Å². The fraction of sp³-hybridized carbons (Fsp3) is 0.400. The minimum absolute atomic E-state index is 0.193. The lowest BCUT2D eigenvalue weighted by Gasteiger charge is -2.33. The van der Waals surface area contributed by atoms with E-state index in [4.69, 9.17) is 0 Å². The van der Waals surface area contributed by atoms with Crippen molar-refractivity contribution in [3.8, 4) is 0 Å². The van der Waals surface area contributed by atoms with Gasteiger partial charge in [0.1, 0.15) is 0 Å². The summed E-state index contributed by atoms with van der Waals surface area (Å²) in [5.41, 5.74) is 0. The molecular formula is C15H21N3O3S. The van der Waals surface area contributed by atoms with Crippen LogP contribution in [0.5, 0.6) is 0 Å². The van der Waals surface area contributed by atoms with Gasteiger partial charge in [-0.3, -0.25) is 0 Å². The van der Waals surface area contributed by atoms with Gasteiger partial charge in [-0.2, -0.15) is 4.31 Å². The van der Waals surface area contributed by atoms with Crippen LogP contribution in [0.25, 0.3) is 0 Å². The number of hydrogen-bond acceptors (Lipinski definition) is 3. The minimum atomic E-state index is -3.47. The molecule has 1 aliphatic rings. The number of rotatable bonds is 4. The molecule has 1 saturated heterocycles. The van der Waals surface area contributed by atoms with Crippen LogP contribution in [-0.2, 0) is 10.0 Å². The first-order chi connectivity index (χ1) is 10.6. The molecule has 1 N–H and O–H groups in total. The van der Waals surface area contributed by atoms with Crippen molar-refractivity contribution in [2.75, 3.05) is 26.2 Å². The molecule has 0 atom stereocenters. The third-order valence-electron chi connectivity index (χ3n) is 3.47. The molecule has 1 fully saturated rings. The third-order valence-corrected chi connectivity index (χ3v) is 5.38. The Morgan fingerprint density at radius 3 is 2.41 bits per heavy atom. The van der Waals surface area contributed by atoms with Gasteiger partial charge in [0.25, 0.3) is 0 Å². The molecule has 22 heavy (non-hydrogen) atoms. The van der Waals surface area contributed by atoms with Crippen molar-refractivity contribution in [1.29, 1.82) is 0 Å². The van der Waals surface area contributed by atoms with Crippen molar-refractivity contribution in [1.82, 2.24) is 14.5 Å². The number of piperazine rings is 1. The molecule has 0 radical (unpaired) electrons. The number of hydrogen-bond donors (Lipinski definition) is 1. The molecule has 0 bridgehead atoms. The Balaban J connectivity index is 1.95. The summed E-state index contributed by atoms with van der Waals surface area (Å²) >= 11 is 0. The lowest BCUT2D eigenvalue weighted by molar-refractivity contribution is 0.175. The first kappa shape index (κ1) is 16.5. The van der Waals surface area contributed by atoms with Gasteiger partial charge < -0.3 is 10.2 Å².